The van der Waals surface area contributed by atoms with Crippen LogP contribution in [0.1, 0.15) is 44.2 Å². The maximum Gasteiger partial charge on any atom is 0.241 e. The summed E-state index contributed by atoms with van der Waals surface area (Å²) < 4.78 is 7.30. The summed E-state index contributed by atoms with van der Waals surface area (Å²) in [6, 6.07) is 0. The summed E-state index contributed by atoms with van der Waals surface area (Å²) >= 11 is 0. The Balaban J connectivity index is 1.52. The van der Waals surface area contributed by atoms with E-state index in [2.05, 4.69) is 15.6 Å². The highest BCUT2D eigenvalue weighted by atomic mass is 16.5. The molecule has 1 aromatic heterocycles. The van der Waals surface area contributed by atoms with E-state index in [0.717, 1.165) is 6.42 Å². The van der Waals surface area contributed by atoms with Crippen LogP contribution in [0.15, 0.2) is 6.20 Å². The van der Waals surface area contributed by atoms with Gasteiger partial charge in [-0.3, -0.25) is 4.79 Å². The molecule has 0 aromatic carbocycles. The molecule has 1 heterocycles. The van der Waals surface area contributed by atoms with Crippen LogP contribution in [0.5, 0.6) is 0 Å². The van der Waals surface area contributed by atoms with Gasteiger partial charge in [0.15, 0.2) is 0 Å². The number of nitrogens with two attached hydrogens (primary N) is 1. The van der Waals surface area contributed by atoms with E-state index in [1.54, 1.807) is 6.20 Å². The smallest absolute Gasteiger partial charge is 0.241 e. The molecule has 3 N–H and O–H groups in total. The third-order valence-corrected chi connectivity index (χ3v) is 3.65. The van der Waals surface area contributed by atoms with E-state index in [1.807, 2.05) is 0 Å². The molecule has 0 unspecified atom stereocenters. The van der Waals surface area contributed by atoms with Crippen LogP contribution in [0.4, 0.5) is 0 Å². The Morgan fingerprint density at radius 1 is 1.43 bits per heavy atom. The first-order valence-corrected chi connectivity index (χ1v) is 7.75. The third-order valence-electron chi connectivity index (χ3n) is 3.65. The van der Waals surface area contributed by atoms with E-state index in [9.17, 15) is 4.79 Å². The van der Waals surface area contributed by atoms with Crippen molar-refractivity contribution >= 4 is 5.91 Å². The van der Waals surface area contributed by atoms with Crippen molar-refractivity contribution in [1.82, 2.24) is 20.3 Å². The Morgan fingerprint density at radius 3 is 2.95 bits per heavy atom. The first-order chi connectivity index (χ1) is 10.3. The van der Waals surface area contributed by atoms with Crippen molar-refractivity contribution in [3.05, 3.63) is 11.9 Å². The Hall–Kier alpha value is -1.47. The molecular formula is C14H25N5O2. The summed E-state index contributed by atoms with van der Waals surface area (Å²) in [5, 5.41) is 10.5. The highest BCUT2D eigenvalue weighted by Gasteiger charge is 2.13. The fourth-order valence-electron chi connectivity index (χ4n) is 2.49. The quantitative estimate of drug-likeness (QED) is 0.685. The Labute approximate surface area is 125 Å². The minimum atomic E-state index is -0.0684. The molecule has 0 atom stereocenters. The van der Waals surface area contributed by atoms with Gasteiger partial charge in [0.2, 0.25) is 5.91 Å². The maximum atomic E-state index is 11.7. The lowest BCUT2D eigenvalue weighted by Gasteiger charge is -2.21. The molecule has 1 aliphatic rings. The van der Waals surface area contributed by atoms with Gasteiger partial charge in [-0.2, -0.15) is 0 Å². The van der Waals surface area contributed by atoms with E-state index >= 15 is 0 Å². The molecule has 0 saturated heterocycles. The van der Waals surface area contributed by atoms with Gasteiger partial charge in [0.25, 0.3) is 0 Å². The zero-order valence-electron chi connectivity index (χ0n) is 12.5. The number of carbonyl (C=O) groups excluding carboxylic acids is 1. The number of hydrogen-bond acceptors (Lipinski definition) is 5. The van der Waals surface area contributed by atoms with Gasteiger partial charge < -0.3 is 15.8 Å². The number of amides is 1. The van der Waals surface area contributed by atoms with Crippen LogP contribution >= 0.6 is 0 Å². The molecular weight excluding hydrogens is 270 g/mol. The second-order valence-corrected chi connectivity index (χ2v) is 5.45. The van der Waals surface area contributed by atoms with Gasteiger partial charge in [-0.1, -0.05) is 24.5 Å². The lowest BCUT2D eigenvalue weighted by molar-refractivity contribution is -0.121. The molecule has 1 fully saturated rings. The van der Waals surface area contributed by atoms with Crippen LogP contribution < -0.4 is 11.1 Å². The summed E-state index contributed by atoms with van der Waals surface area (Å²) in [4.78, 5) is 11.7. The van der Waals surface area contributed by atoms with Gasteiger partial charge >= 0.3 is 0 Å². The minimum Gasteiger partial charge on any atom is -0.378 e. The molecule has 21 heavy (non-hydrogen) atoms. The van der Waals surface area contributed by atoms with Crippen molar-refractivity contribution in [1.29, 1.82) is 0 Å². The minimum absolute atomic E-state index is 0.0684. The summed E-state index contributed by atoms with van der Waals surface area (Å²) in [5.41, 5.74) is 6.12. The summed E-state index contributed by atoms with van der Waals surface area (Å²) in [7, 11) is 0. The predicted octanol–water partition coefficient (Wildman–Crippen LogP) is 0.592. The highest BCUT2D eigenvalue weighted by molar-refractivity contribution is 5.75. The lowest BCUT2D eigenvalue weighted by atomic mass is 9.98. The molecule has 118 valence electrons. The topological polar surface area (TPSA) is 95.1 Å². The Kier molecular flexibility index (Phi) is 6.62. The van der Waals surface area contributed by atoms with Crippen molar-refractivity contribution in [3.8, 4) is 0 Å². The molecule has 1 aliphatic carbocycles. The number of aromatic nitrogens is 3. The molecule has 0 radical (unpaired) electrons. The highest BCUT2D eigenvalue weighted by Crippen LogP contribution is 2.20. The van der Waals surface area contributed by atoms with Crippen molar-refractivity contribution < 1.29 is 9.53 Å². The zero-order valence-corrected chi connectivity index (χ0v) is 12.5. The number of ether oxygens (including phenoxy) is 1. The van der Waals surface area contributed by atoms with E-state index in [1.165, 1.54) is 36.8 Å². The average molecular weight is 295 g/mol. The number of nitrogens with zero attached hydrogens (tertiary/aromatic N) is 3. The normalized spacial score (nSPS) is 16.0. The van der Waals surface area contributed by atoms with Gasteiger partial charge in [-0.05, 0) is 19.3 Å². The standard InChI is InChI=1S/C14H25N5O2/c15-9-12-10-19(18-17-12)11-14(20)16-7-4-8-21-13-5-2-1-3-6-13/h10,13H,1-9,11,15H2,(H,16,20). The molecule has 0 bridgehead atoms. The molecule has 7 heteroatoms. The number of carbonyl (C=O) groups is 1. The largest absolute Gasteiger partial charge is 0.378 e. The first-order valence-electron chi connectivity index (χ1n) is 7.75. The summed E-state index contributed by atoms with van der Waals surface area (Å²) in [5.74, 6) is -0.0684. The maximum absolute atomic E-state index is 11.7. The third kappa shape index (κ3) is 5.81. The van der Waals surface area contributed by atoms with E-state index in [0.29, 0.717) is 31.5 Å². The Bertz CT molecular complexity index is 429. The van der Waals surface area contributed by atoms with Crippen LogP contribution in [-0.4, -0.2) is 40.2 Å². The van der Waals surface area contributed by atoms with Crippen LogP contribution in [0, 0.1) is 0 Å². The predicted molar refractivity (Wildman–Crippen MR) is 78.4 cm³/mol. The van der Waals surface area contributed by atoms with Gasteiger partial charge in [-0.25, -0.2) is 4.68 Å². The fourth-order valence-corrected chi connectivity index (χ4v) is 2.49. The second-order valence-electron chi connectivity index (χ2n) is 5.45. The molecule has 0 aliphatic heterocycles. The van der Waals surface area contributed by atoms with Crippen LogP contribution in [-0.2, 0) is 22.6 Å². The van der Waals surface area contributed by atoms with E-state index in [-0.39, 0.29) is 12.5 Å². The molecule has 1 saturated carbocycles. The number of rotatable bonds is 8. The van der Waals surface area contributed by atoms with E-state index in [4.69, 9.17) is 10.5 Å². The Morgan fingerprint density at radius 2 is 2.24 bits per heavy atom. The van der Waals surface area contributed by atoms with Crippen molar-refractivity contribution in [2.45, 2.75) is 57.7 Å². The first kappa shape index (κ1) is 15.9. The van der Waals surface area contributed by atoms with Gasteiger partial charge in [0, 0.05) is 19.7 Å². The molecule has 1 amide bonds. The number of nitrogens with one attached hydrogen (secondary N) is 1. The monoisotopic (exact) mass is 295 g/mol. The van der Waals surface area contributed by atoms with E-state index < -0.39 is 0 Å². The van der Waals surface area contributed by atoms with Crippen LogP contribution in [0.25, 0.3) is 0 Å². The molecule has 7 nitrogen and oxygen atoms in total. The SMILES string of the molecule is NCc1cn(CC(=O)NCCCOC2CCCCC2)nn1. The summed E-state index contributed by atoms with van der Waals surface area (Å²) in [6.07, 6.45) is 9.22. The zero-order chi connectivity index (χ0) is 14.9. The van der Waals surface area contributed by atoms with Crippen LogP contribution in [0.3, 0.4) is 0 Å². The van der Waals surface area contributed by atoms with Gasteiger partial charge in [-0.15, -0.1) is 5.10 Å². The molecule has 0 spiro atoms. The van der Waals surface area contributed by atoms with Gasteiger partial charge in [0.05, 0.1) is 18.0 Å². The lowest BCUT2D eigenvalue weighted by Crippen LogP contribution is -2.29. The van der Waals surface area contributed by atoms with Crippen LogP contribution in [0.2, 0.25) is 0 Å². The fraction of sp³-hybridized carbons (Fsp3) is 0.786. The molecule has 1 aromatic rings. The van der Waals surface area contributed by atoms with Gasteiger partial charge in [0.1, 0.15) is 6.54 Å². The van der Waals surface area contributed by atoms with Crippen molar-refractivity contribution in [3.63, 3.8) is 0 Å². The summed E-state index contributed by atoms with van der Waals surface area (Å²) in [6.45, 7) is 1.85. The van der Waals surface area contributed by atoms with Crippen molar-refractivity contribution in [2.75, 3.05) is 13.2 Å². The second kappa shape index (κ2) is 8.74. The number of hydrogen-bond donors (Lipinski definition) is 2. The molecule has 2 rings (SSSR count). The van der Waals surface area contributed by atoms with Crippen molar-refractivity contribution in [2.24, 2.45) is 5.73 Å². The average Bonchev–Trinajstić information content (AvgIpc) is 2.95.